The molecule has 3 heterocycles. The molecule has 2 aliphatic rings. The number of nitrogens with zero attached hydrogens (tertiary/aromatic N) is 1. The lowest BCUT2D eigenvalue weighted by Gasteiger charge is -2.21. The molecule has 21 heavy (non-hydrogen) atoms. The predicted octanol–water partition coefficient (Wildman–Crippen LogP) is 3.21. The minimum Gasteiger partial charge on any atom is -0.493 e. The number of nitrogens with one attached hydrogen (secondary N) is 1. The number of aromatic nitrogens is 2. The normalized spacial score (nSPS) is 27.4. The van der Waals surface area contributed by atoms with Gasteiger partial charge < -0.3 is 23.8 Å². The molecule has 4 rings (SSSR count). The number of hydrogen-bond acceptors (Lipinski definition) is 4. The smallest absolute Gasteiger partial charge is 0.178 e. The third-order valence-corrected chi connectivity index (χ3v) is 4.93. The van der Waals surface area contributed by atoms with Crippen LogP contribution < -0.4 is 9.47 Å². The minimum absolute atomic E-state index is 0.286. The molecule has 2 aromatic rings. The van der Waals surface area contributed by atoms with Crippen LogP contribution in [0.1, 0.15) is 25.3 Å². The second-order valence-electron chi connectivity index (χ2n) is 5.70. The van der Waals surface area contributed by atoms with Crippen molar-refractivity contribution >= 4 is 23.3 Å². The monoisotopic (exact) mass is 306 g/mol. The van der Waals surface area contributed by atoms with Gasteiger partial charge in [0.2, 0.25) is 0 Å². The molecule has 1 N–H and O–H groups in total. The second kappa shape index (κ2) is 4.74. The molecule has 2 saturated heterocycles. The molecular weight excluding hydrogens is 288 g/mol. The number of rotatable bonds is 3. The van der Waals surface area contributed by atoms with E-state index in [1.807, 2.05) is 12.1 Å². The van der Waals surface area contributed by atoms with Crippen LogP contribution in [0.2, 0.25) is 0 Å². The van der Waals surface area contributed by atoms with Crippen molar-refractivity contribution in [2.75, 3.05) is 14.2 Å². The summed E-state index contributed by atoms with van der Waals surface area (Å²) < 4.78 is 19.7. The van der Waals surface area contributed by atoms with Crippen molar-refractivity contribution in [2.45, 2.75) is 37.5 Å². The molecule has 2 bridgehead atoms. The molecule has 1 aromatic carbocycles. The van der Waals surface area contributed by atoms with Crippen LogP contribution in [0.4, 0.5) is 0 Å². The number of methoxy groups -OCH3 is 2. The molecule has 0 radical (unpaired) electrons. The van der Waals surface area contributed by atoms with E-state index in [-0.39, 0.29) is 6.10 Å². The Morgan fingerprint density at radius 1 is 1.24 bits per heavy atom. The molecule has 0 amide bonds. The summed E-state index contributed by atoms with van der Waals surface area (Å²) in [6.07, 6.45) is 4.02. The van der Waals surface area contributed by atoms with E-state index in [2.05, 4.69) is 9.55 Å². The van der Waals surface area contributed by atoms with Gasteiger partial charge in [0.05, 0.1) is 43.5 Å². The predicted molar refractivity (Wildman–Crippen MR) is 81.8 cm³/mol. The topological polar surface area (TPSA) is 48.4 Å². The Bertz CT molecular complexity index is 751. The van der Waals surface area contributed by atoms with Crippen molar-refractivity contribution in [3.63, 3.8) is 0 Å². The molecule has 6 heteroatoms. The summed E-state index contributed by atoms with van der Waals surface area (Å²) in [4.78, 5) is 3.28. The average Bonchev–Trinajstić information content (AvgIpc) is 3.17. The van der Waals surface area contributed by atoms with E-state index in [9.17, 15) is 0 Å². The fraction of sp³-hybridized carbons (Fsp3) is 0.533. The average molecular weight is 306 g/mol. The Hall–Kier alpha value is -1.53. The third-order valence-electron chi connectivity index (χ3n) is 4.63. The van der Waals surface area contributed by atoms with Gasteiger partial charge in [-0.25, -0.2) is 0 Å². The number of aromatic amines is 1. The summed E-state index contributed by atoms with van der Waals surface area (Å²) in [7, 11) is 3.29. The third kappa shape index (κ3) is 1.89. The molecule has 112 valence electrons. The summed E-state index contributed by atoms with van der Waals surface area (Å²) >= 11 is 5.53. The fourth-order valence-corrected chi connectivity index (χ4v) is 4.01. The summed E-state index contributed by atoms with van der Waals surface area (Å²) in [5, 5.41) is 0. The number of imidazole rings is 1. The van der Waals surface area contributed by atoms with Gasteiger partial charge in [-0.3, -0.25) is 0 Å². The number of hydrogen-bond donors (Lipinski definition) is 1. The standard InChI is InChI=1S/C15H18N2O3S/c1-18-13-6-9-10(7-14(13)19-2)17(15(21)16-9)11-5-8-3-4-12(11)20-8/h6-8,11-12H,3-5H2,1-2H3,(H,16,21). The minimum atomic E-state index is 0.286. The Morgan fingerprint density at radius 2 is 2.00 bits per heavy atom. The largest absolute Gasteiger partial charge is 0.493 e. The van der Waals surface area contributed by atoms with Crippen LogP contribution in [0.25, 0.3) is 11.0 Å². The summed E-state index contributed by atoms with van der Waals surface area (Å²) in [5.74, 6) is 1.43. The first kappa shape index (κ1) is 13.2. The zero-order valence-corrected chi connectivity index (χ0v) is 12.9. The molecule has 0 saturated carbocycles. The second-order valence-corrected chi connectivity index (χ2v) is 6.09. The van der Waals surface area contributed by atoms with Crippen LogP contribution in [0.3, 0.4) is 0 Å². The Labute approximate surface area is 127 Å². The number of benzene rings is 1. The van der Waals surface area contributed by atoms with E-state index < -0.39 is 0 Å². The molecule has 2 fully saturated rings. The van der Waals surface area contributed by atoms with Gasteiger partial charge in [0.25, 0.3) is 0 Å². The lowest BCUT2D eigenvalue weighted by atomic mass is 9.95. The highest BCUT2D eigenvalue weighted by Crippen LogP contribution is 2.43. The van der Waals surface area contributed by atoms with E-state index in [1.54, 1.807) is 14.2 Å². The molecule has 1 aromatic heterocycles. The van der Waals surface area contributed by atoms with Gasteiger partial charge in [0.1, 0.15) is 0 Å². The lowest BCUT2D eigenvalue weighted by Crippen LogP contribution is -2.20. The number of ether oxygens (including phenoxy) is 3. The summed E-state index contributed by atoms with van der Waals surface area (Å²) in [6.45, 7) is 0. The van der Waals surface area contributed by atoms with Crippen LogP contribution >= 0.6 is 12.2 Å². The van der Waals surface area contributed by atoms with Gasteiger partial charge in [-0.1, -0.05) is 0 Å². The van der Waals surface area contributed by atoms with Crippen molar-refractivity contribution < 1.29 is 14.2 Å². The van der Waals surface area contributed by atoms with Crippen molar-refractivity contribution in [3.05, 3.63) is 16.9 Å². The molecule has 0 aliphatic carbocycles. The highest BCUT2D eigenvalue weighted by Gasteiger charge is 2.42. The highest BCUT2D eigenvalue weighted by molar-refractivity contribution is 7.71. The van der Waals surface area contributed by atoms with Crippen LogP contribution in [0.15, 0.2) is 12.1 Å². The molecular formula is C15H18N2O3S. The number of fused-ring (bicyclic) bond motifs is 3. The van der Waals surface area contributed by atoms with Crippen LogP contribution in [-0.2, 0) is 4.74 Å². The van der Waals surface area contributed by atoms with Gasteiger partial charge in [0.15, 0.2) is 16.3 Å². The van der Waals surface area contributed by atoms with E-state index in [4.69, 9.17) is 26.4 Å². The molecule has 2 aliphatic heterocycles. The summed E-state index contributed by atoms with van der Waals surface area (Å²) in [5.41, 5.74) is 2.03. The molecule has 3 unspecified atom stereocenters. The molecule has 3 atom stereocenters. The van der Waals surface area contributed by atoms with E-state index in [1.165, 1.54) is 6.42 Å². The number of H-pyrrole nitrogens is 1. The Balaban J connectivity index is 1.89. The van der Waals surface area contributed by atoms with E-state index >= 15 is 0 Å². The summed E-state index contributed by atoms with van der Waals surface area (Å²) in [6, 6.07) is 4.25. The Kier molecular flexibility index (Phi) is 2.97. The highest BCUT2D eigenvalue weighted by atomic mass is 32.1. The van der Waals surface area contributed by atoms with E-state index in [0.717, 1.165) is 34.4 Å². The van der Waals surface area contributed by atoms with Gasteiger partial charge in [0, 0.05) is 12.1 Å². The first-order chi connectivity index (χ1) is 10.2. The zero-order chi connectivity index (χ0) is 14.6. The van der Waals surface area contributed by atoms with Crippen LogP contribution in [-0.4, -0.2) is 36.0 Å². The maximum absolute atomic E-state index is 5.98. The maximum Gasteiger partial charge on any atom is 0.178 e. The fourth-order valence-electron chi connectivity index (χ4n) is 3.66. The maximum atomic E-state index is 5.98. The van der Waals surface area contributed by atoms with Gasteiger partial charge in [-0.05, 0) is 31.5 Å². The van der Waals surface area contributed by atoms with Crippen LogP contribution in [0.5, 0.6) is 11.5 Å². The van der Waals surface area contributed by atoms with Crippen molar-refractivity contribution in [1.29, 1.82) is 0 Å². The zero-order valence-electron chi connectivity index (χ0n) is 12.1. The molecule has 0 spiro atoms. The quantitative estimate of drug-likeness (QED) is 0.885. The van der Waals surface area contributed by atoms with Crippen molar-refractivity contribution in [3.8, 4) is 11.5 Å². The van der Waals surface area contributed by atoms with Gasteiger partial charge in [-0.15, -0.1) is 0 Å². The lowest BCUT2D eigenvalue weighted by molar-refractivity contribution is 0.0941. The first-order valence-electron chi connectivity index (χ1n) is 7.23. The SMILES string of the molecule is COc1cc2[nH]c(=S)n(C3CC4CCC3O4)c2cc1OC. The van der Waals surface area contributed by atoms with Gasteiger partial charge >= 0.3 is 0 Å². The van der Waals surface area contributed by atoms with Gasteiger partial charge in [-0.2, -0.15) is 0 Å². The first-order valence-corrected chi connectivity index (χ1v) is 7.63. The van der Waals surface area contributed by atoms with Crippen molar-refractivity contribution in [1.82, 2.24) is 9.55 Å². The van der Waals surface area contributed by atoms with Crippen LogP contribution in [0, 0.1) is 4.77 Å². The molecule has 5 nitrogen and oxygen atoms in total. The van der Waals surface area contributed by atoms with E-state index in [0.29, 0.717) is 17.9 Å². The Morgan fingerprint density at radius 3 is 2.62 bits per heavy atom. The van der Waals surface area contributed by atoms with Crippen molar-refractivity contribution in [2.24, 2.45) is 0 Å².